The van der Waals surface area contributed by atoms with Gasteiger partial charge in [-0.15, -0.1) is 0 Å². The minimum absolute atomic E-state index is 0.0422. The highest BCUT2D eigenvalue weighted by molar-refractivity contribution is 5.96. The Morgan fingerprint density at radius 3 is 2.67 bits per heavy atom. The van der Waals surface area contributed by atoms with Crippen LogP contribution in [0.3, 0.4) is 0 Å². The molecular weight excluding hydrogens is 527 g/mol. The van der Waals surface area contributed by atoms with E-state index in [4.69, 9.17) is 5.73 Å². The van der Waals surface area contributed by atoms with Gasteiger partial charge in [0, 0.05) is 54.9 Å². The molecule has 2 amide bonds. The van der Waals surface area contributed by atoms with Crippen molar-refractivity contribution in [3.63, 3.8) is 0 Å². The van der Waals surface area contributed by atoms with Crippen LogP contribution in [-0.4, -0.2) is 55.5 Å². The quantitative estimate of drug-likeness (QED) is 0.199. The normalized spacial score (nSPS) is 16.9. The minimum atomic E-state index is -4.63. The molecule has 0 aliphatic heterocycles. The number of H-pyrrole nitrogens is 1. The fourth-order valence-electron chi connectivity index (χ4n) is 4.71. The monoisotopic (exact) mass is 555 g/mol. The van der Waals surface area contributed by atoms with Gasteiger partial charge in [-0.05, 0) is 43.0 Å². The molecule has 40 heavy (non-hydrogen) atoms. The van der Waals surface area contributed by atoms with Gasteiger partial charge in [-0.2, -0.15) is 18.3 Å². The molecule has 11 nitrogen and oxygen atoms in total. The van der Waals surface area contributed by atoms with Crippen molar-refractivity contribution < 1.29 is 22.8 Å². The van der Waals surface area contributed by atoms with E-state index in [2.05, 4.69) is 36.1 Å². The van der Waals surface area contributed by atoms with Gasteiger partial charge >= 0.3 is 6.18 Å². The summed E-state index contributed by atoms with van der Waals surface area (Å²) in [5, 5.41) is 14.4. The summed E-state index contributed by atoms with van der Waals surface area (Å²) in [6, 6.07) is 5.30. The van der Waals surface area contributed by atoms with Crippen LogP contribution >= 0.6 is 0 Å². The van der Waals surface area contributed by atoms with E-state index in [0.717, 1.165) is 5.56 Å². The lowest BCUT2D eigenvalue weighted by atomic mass is 9.80. The predicted octanol–water partition coefficient (Wildman–Crippen LogP) is 3.03. The van der Waals surface area contributed by atoms with Crippen molar-refractivity contribution in [1.82, 2.24) is 35.2 Å². The Bertz CT molecular complexity index is 1540. The van der Waals surface area contributed by atoms with Crippen molar-refractivity contribution in [3.05, 3.63) is 59.8 Å². The average Bonchev–Trinajstić information content (AvgIpc) is 3.57. The number of aryl methyl sites for hydroxylation is 1. The number of carbonyl (C=O) groups is 2. The van der Waals surface area contributed by atoms with Crippen molar-refractivity contribution in [2.75, 3.05) is 18.4 Å². The van der Waals surface area contributed by atoms with Crippen molar-refractivity contribution in [1.29, 1.82) is 0 Å². The van der Waals surface area contributed by atoms with Crippen molar-refractivity contribution in [3.8, 4) is 11.3 Å². The summed E-state index contributed by atoms with van der Waals surface area (Å²) >= 11 is 0. The molecule has 0 unspecified atom stereocenters. The number of nitrogens with zero attached hydrogens (tertiary/aromatic N) is 4. The molecule has 0 radical (unpaired) electrons. The van der Waals surface area contributed by atoms with E-state index in [-0.39, 0.29) is 41.6 Å². The lowest BCUT2D eigenvalue weighted by molar-refractivity contribution is -0.140. The third kappa shape index (κ3) is 5.47. The summed E-state index contributed by atoms with van der Waals surface area (Å²) < 4.78 is 41.7. The van der Waals surface area contributed by atoms with Gasteiger partial charge in [0.05, 0.1) is 17.5 Å². The number of nitrogens with one attached hydrogen (secondary N) is 4. The number of aromatic amines is 1. The maximum atomic E-state index is 13.4. The molecule has 0 saturated heterocycles. The van der Waals surface area contributed by atoms with Gasteiger partial charge in [0.1, 0.15) is 0 Å². The standard InChI is InChI=1S/C26H28F3N9O2/c1-2-14-11-17(3-4-18(14)25(40)33-6-5-32-24(39)15-9-16(30)10-15)36-22-23-34-13-20(38(23)8-7-31-22)19-12-35-37-21(19)26(27,28)29/h3-4,7-8,11-13,15-16H,2,5-6,9-10,30H2,1H3,(H,31,36)(H,32,39)(H,33,40)(H,35,37)/t15-,16+. The molecule has 5 rings (SSSR count). The Kier molecular flexibility index (Phi) is 7.43. The molecule has 0 spiro atoms. The fourth-order valence-corrected chi connectivity index (χ4v) is 4.71. The molecule has 4 aromatic rings. The Hall–Kier alpha value is -4.46. The number of fused-ring (bicyclic) bond motifs is 1. The van der Waals surface area contributed by atoms with E-state index in [0.29, 0.717) is 48.5 Å². The molecule has 1 aromatic carbocycles. The first-order chi connectivity index (χ1) is 19.2. The summed E-state index contributed by atoms with van der Waals surface area (Å²) in [5.74, 6) is -0.0241. The number of alkyl halides is 3. The smallest absolute Gasteiger partial charge is 0.354 e. The highest BCUT2D eigenvalue weighted by atomic mass is 19.4. The number of rotatable bonds is 9. The molecule has 1 fully saturated rings. The SMILES string of the molecule is CCc1cc(Nc2nccn3c(-c4c[nH]nc4C(F)(F)F)cnc23)ccc1C(=O)NCCNC(=O)[C@H]1C[C@@H](N)C1. The summed E-state index contributed by atoms with van der Waals surface area (Å²) in [7, 11) is 0. The van der Waals surface area contributed by atoms with E-state index in [1.807, 2.05) is 13.0 Å². The van der Waals surface area contributed by atoms with Gasteiger partial charge < -0.3 is 21.7 Å². The number of hydrogen-bond donors (Lipinski definition) is 5. The molecule has 1 aliphatic rings. The largest absolute Gasteiger partial charge is 0.435 e. The lowest BCUT2D eigenvalue weighted by Gasteiger charge is -2.31. The Morgan fingerprint density at radius 2 is 1.95 bits per heavy atom. The van der Waals surface area contributed by atoms with Gasteiger partial charge in [0.2, 0.25) is 5.91 Å². The number of halogens is 3. The number of carbonyl (C=O) groups excluding carboxylic acids is 2. The second kappa shape index (κ2) is 11.0. The lowest BCUT2D eigenvalue weighted by Crippen LogP contribution is -2.46. The molecular formula is C26H28F3N9O2. The average molecular weight is 556 g/mol. The molecule has 3 aromatic heterocycles. The van der Waals surface area contributed by atoms with Crippen LogP contribution in [0.15, 0.2) is 43.0 Å². The maximum Gasteiger partial charge on any atom is 0.435 e. The van der Waals surface area contributed by atoms with Crippen LogP contribution in [0.1, 0.15) is 41.4 Å². The molecule has 0 atom stereocenters. The third-order valence-corrected chi connectivity index (χ3v) is 6.86. The van der Waals surface area contributed by atoms with Gasteiger partial charge in [-0.3, -0.25) is 19.1 Å². The number of nitrogens with two attached hydrogens (primary N) is 1. The summed E-state index contributed by atoms with van der Waals surface area (Å²) in [6.07, 6.45) is 2.80. The van der Waals surface area contributed by atoms with Gasteiger partial charge in [-0.25, -0.2) is 9.97 Å². The Balaban J connectivity index is 1.27. The molecule has 1 saturated carbocycles. The van der Waals surface area contributed by atoms with E-state index in [1.54, 1.807) is 12.1 Å². The Morgan fingerprint density at radius 1 is 1.18 bits per heavy atom. The number of benzene rings is 1. The van der Waals surface area contributed by atoms with Crippen LogP contribution in [0.2, 0.25) is 0 Å². The minimum Gasteiger partial charge on any atom is -0.354 e. The molecule has 210 valence electrons. The summed E-state index contributed by atoms with van der Waals surface area (Å²) in [4.78, 5) is 33.4. The molecule has 1 aliphatic carbocycles. The van der Waals surface area contributed by atoms with E-state index >= 15 is 0 Å². The zero-order valence-corrected chi connectivity index (χ0v) is 21.5. The van der Waals surface area contributed by atoms with Crippen LogP contribution in [0.5, 0.6) is 0 Å². The predicted molar refractivity (Wildman–Crippen MR) is 141 cm³/mol. The third-order valence-electron chi connectivity index (χ3n) is 6.86. The zero-order chi connectivity index (χ0) is 28.4. The fraction of sp³-hybridized carbons (Fsp3) is 0.346. The van der Waals surface area contributed by atoms with Crippen molar-refractivity contribution >= 4 is 29.0 Å². The number of amides is 2. The number of anilines is 2. The molecule has 6 N–H and O–H groups in total. The van der Waals surface area contributed by atoms with Crippen LogP contribution in [-0.2, 0) is 17.4 Å². The molecule has 0 bridgehead atoms. The maximum absolute atomic E-state index is 13.4. The number of aromatic nitrogens is 5. The second-order valence-electron chi connectivity index (χ2n) is 9.58. The van der Waals surface area contributed by atoms with Gasteiger partial charge in [-0.1, -0.05) is 6.92 Å². The highest BCUT2D eigenvalue weighted by Gasteiger charge is 2.37. The van der Waals surface area contributed by atoms with Crippen LogP contribution in [0, 0.1) is 5.92 Å². The highest BCUT2D eigenvalue weighted by Crippen LogP contribution is 2.36. The van der Waals surface area contributed by atoms with Crippen molar-refractivity contribution in [2.45, 2.75) is 38.4 Å². The van der Waals surface area contributed by atoms with E-state index < -0.39 is 11.9 Å². The van der Waals surface area contributed by atoms with Gasteiger partial charge in [0.25, 0.3) is 5.91 Å². The summed E-state index contributed by atoms with van der Waals surface area (Å²) in [6.45, 7) is 2.53. The Labute approximate surface area is 226 Å². The number of imidazole rings is 1. The molecule has 3 heterocycles. The number of hydrogen-bond acceptors (Lipinski definition) is 7. The molecule has 14 heteroatoms. The van der Waals surface area contributed by atoms with Crippen LogP contribution < -0.4 is 21.7 Å². The topological polar surface area (TPSA) is 155 Å². The summed E-state index contributed by atoms with van der Waals surface area (Å²) in [5.41, 5.74) is 6.98. The second-order valence-corrected chi connectivity index (χ2v) is 9.58. The van der Waals surface area contributed by atoms with E-state index in [9.17, 15) is 22.8 Å². The van der Waals surface area contributed by atoms with Crippen LogP contribution in [0.4, 0.5) is 24.7 Å². The van der Waals surface area contributed by atoms with E-state index in [1.165, 1.54) is 29.2 Å². The van der Waals surface area contributed by atoms with Crippen LogP contribution in [0.25, 0.3) is 16.9 Å². The first-order valence-electron chi connectivity index (χ1n) is 12.8. The zero-order valence-electron chi connectivity index (χ0n) is 21.5. The first-order valence-corrected chi connectivity index (χ1v) is 12.8. The first kappa shape index (κ1) is 27.1. The van der Waals surface area contributed by atoms with Gasteiger partial charge in [0.15, 0.2) is 17.2 Å². The van der Waals surface area contributed by atoms with Crippen molar-refractivity contribution in [2.24, 2.45) is 11.7 Å².